The molecule has 0 heterocycles. The van der Waals surface area contributed by atoms with Gasteiger partial charge in [-0.1, -0.05) is 190 Å². The summed E-state index contributed by atoms with van der Waals surface area (Å²) in [5, 5.41) is 8.80. The Morgan fingerprint density at radius 1 is 0.533 bits per heavy atom. The second-order valence-corrected chi connectivity index (χ2v) is 17.5. The van der Waals surface area contributed by atoms with Gasteiger partial charge in [-0.3, -0.25) is 18.6 Å². The molecule has 0 saturated carbocycles. The summed E-state index contributed by atoms with van der Waals surface area (Å²) < 4.78 is 32.8. The monoisotopic (exact) mass is 868 g/mol. The maximum Gasteiger partial charge on any atom is 0.472 e. The minimum absolute atomic E-state index is 0.0398. The normalized spacial score (nSPS) is 13.6. The number of phosphoric ester groups is 1. The largest absolute Gasteiger partial charge is 0.472 e. The molecule has 0 aliphatic carbocycles. The summed E-state index contributed by atoms with van der Waals surface area (Å²) in [7, 11) is -4.40. The second-order valence-electron chi connectivity index (χ2n) is 16.1. The van der Waals surface area contributed by atoms with Gasteiger partial charge in [0.2, 0.25) is 0 Å². The van der Waals surface area contributed by atoms with Crippen molar-refractivity contribution >= 4 is 19.8 Å². The third-order valence-electron chi connectivity index (χ3n) is 10.3. The molecule has 0 aromatic heterocycles. The summed E-state index contributed by atoms with van der Waals surface area (Å²) in [5.74, 6) is -0.902. The number of allylic oxidation sites excluding steroid dienone is 8. The zero-order valence-corrected chi connectivity index (χ0v) is 39.0. The summed E-state index contributed by atoms with van der Waals surface area (Å²) in [6.45, 7) is 1.70. The number of aliphatic hydroxyl groups excluding tert-OH is 1. The van der Waals surface area contributed by atoms with E-state index in [9.17, 15) is 19.0 Å². The van der Waals surface area contributed by atoms with Gasteiger partial charge in [-0.05, 0) is 57.8 Å². The van der Waals surface area contributed by atoms with Gasteiger partial charge in [-0.25, -0.2) is 4.57 Å². The van der Waals surface area contributed by atoms with Crippen molar-refractivity contribution in [1.29, 1.82) is 0 Å². The first-order valence-corrected chi connectivity index (χ1v) is 25.7. The Kier molecular flexibility index (Phi) is 44.8. The van der Waals surface area contributed by atoms with Crippen molar-refractivity contribution < 1.29 is 42.7 Å². The molecule has 1 unspecified atom stereocenters. The third kappa shape index (κ3) is 45.5. The quantitative estimate of drug-likeness (QED) is 0.0233. The molecule has 10 nitrogen and oxygen atoms in total. The van der Waals surface area contributed by atoms with Gasteiger partial charge in [0.25, 0.3) is 0 Å². The lowest BCUT2D eigenvalue weighted by atomic mass is 10.0. The minimum atomic E-state index is -4.40. The Balaban J connectivity index is 4.13. The Bertz CT molecular complexity index is 1130. The van der Waals surface area contributed by atoms with Gasteiger partial charge in [-0.2, -0.15) is 0 Å². The lowest BCUT2D eigenvalue weighted by Gasteiger charge is -2.19. The number of rotatable bonds is 46. The van der Waals surface area contributed by atoms with E-state index in [-0.39, 0.29) is 39.2 Å². The average molecular weight is 868 g/mol. The Morgan fingerprint density at radius 2 is 0.950 bits per heavy atom. The minimum Gasteiger partial charge on any atom is -0.462 e. The first-order valence-electron chi connectivity index (χ1n) is 24.2. The molecule has 0 bridgehead atoms. The van der Waals surface area contributed by atoms with Gasteiger partial charge in [0.15, 0.2) is 6.10 Å². The zero-order chi connectivity index (χ0) is 43.9. The van der Waals surface area contributed by atoms with Crippen molar-refractivity contribution in [2.24, 2.45) is 5.73 Å². The number of nitrogens with two attached hydrogens (primary N) is 1. The van der Waals surface area contributed by atoms with Crippen LogP contribution >= 0.6 is 7.82 Å². The SMILES string of the molecule is CCCCCCCCCCCCCCCCCCCCCCCC(=O)OC[C@H](COP(=O)(O)OCCN)OC(=O)CCC/C=C\C/C=C\C/C=C\C/C=C\CCCCCO. The molecule has 0 aliphatic rings. The van der Waals surface area contributed by atoms with Crippen molar-refractivity contribution in [3.63, 3.8) is 0 Å². The van der Waals surface area contributed by atoms with E-state index in [0.717, 1.165) is 64.2 Å². The molecule has 0 aliphatic heterocycles. The number of ether oxygens (including phenoxy) is 2. The lowest BCUT2D eigenvalue weighted by molar-refractivity contribution is -0.161. The first kappa shape index (κ1) is 57.9. The summed E-state index contributed by atoms with van der Waals surface area (Å²) >= 11 is 0. The number of phosphoric acid groups is 1. The average Bonchev–Trinajstić information content (AvgIpc) is 3.24. The number of hydrogen-bond donors (Lipinski definition) is 3. The van der Waals surface area contributed by atoms with Crippen LogP contribution in [0.4, 0.5) is 0 Å². The van der Waals surface area contributed by atoms with Crippen LogP contribution in [-0.4, -0.2) is 61.0 Å². The number of carbonyl (C=O) groups excluding carboxylic acids is 2. The third-order valence-corrected chi connectivity index (χ3v) is 11.3. The van der Waals surface area contributed by atoms with E-state index in [1.165, 1.54) is 116 Å². The van der Waals surface area contributed by atoms with E-state index in [1.807, 2.05) is 6.08 Å². The number of esters is 2. The molecule has 60 heavy (non-hydrogen) atoms. The maximum absolute atomic E-state index is 12.6. The van der Waals surface area contributed by atoms with Crippen LogP contribution in [0.2, 0.25) is 0 Å². The first-order chi connectivity index (χ1) is 29.3. The molecule has 0 rings (SSSR count). The zero-order valence-electron chi connectivity index (χ0n) is 38.1. The van der Waals surface area contributed by atoms with Gasteiger partial charge >= 0.3 is 19.8 Å². The van der Waals surface area contributed by atoms with E-state index >= 15 is 0 Å². The molecule has 0 amide bonds. The molecule has 0 aromatic carbocycles. The predicted octanol–water partition coefficient (Wildman–Crippen LogP) is 13.3. The molecular formula is C49H90NO9P. The van der Waals surface area contributed by atoms with Crippen LogP contribution in [0, 0.1) is 0 Å². The van der Waals surface area contributed by atoms with Crippen LogP contribution < -0.4 is 5.73 Å². The van der Waals surface area contributed by atoms with Crippen molar-refractivity contribution in [2.45, 2.75) is 218 Å². The van der Waals surface area contributed by atoms with Crippen molar-refractivity contribution in [3.05, 3.63) is 48.6 Å². The van der Waals surface area contributed by atoms with Gasteiger partial charge in [0.05, 0.1) is 13.2 Å². The molecule has 4 N–H and O–H groups in total. The smallest absolute Gasteiger partial charge is 0.462 e. The van der Waals surface area contributed by atoms with Crippen molar-refractivity contribution in [3.8, 4) is 0 Å². The van der Waals surface area contributed by atoms with E-state index in [1.54, 1.807) is 0 Å². The highest BCUT2D eigenvalue weighted by atomic mass is 31.2. The van der Waals surface area contributed by atoms with Crippen LogP contribution in [-0.2, 0) is 32.7 Å². The highest BCUT2D eigenvalue weighted by Gasteiger charge is 2.26. The molecule has 0 radical (unpaired) electrons. The van der Waals surface area contributed by atoms with Crippen LogP contribution in [0.3, 0.4) is 0 Å². The molecule has 0 aromatic rings. The maximum atomic E-state index is 12.6. The molecule has 11 heteroatoms. The molecule has 0 saturated heterocycles. The molecule has 0 spiro atoms. The fraction of sp³-hybridized carbons (Fsp3) is 0.796. The topological polar surface area (TPSA) is 155 Å². The lowest BCUT2D eigenvalue weighted by Crippen LogP contribution is -2.29. The fourth-order valence-electron chi connectivity index (χ4n) is 6.67. The van der Waals surface area contributed by atoms with Crippen molar-refractivity contribution in [1.82, 2.24) is 0 Å². The van der Waals surface area contributed by atoms with E-state index < -0.39 is 32.5 Å². The van der Waals surface area contributed by atoms with E-state index in [2.05, 4.69) is 49.5 Å². The Morgan fingerprint density at radius 3 is 1.42 bits per heavy atom. The van der Waals surface area contributed by atoms with Gasteiger partial charge in [0, 0.05) is 26.0 Å². The van der Waals surface area contributed by atoms with Crippen LogP contribution in [0.25, 0.3) is 0 Å². The standard InChI is InChI=1S/C49H90NO9P/c1-2-3-4-5-6-7-8-9-10-11-12-13-14-16-19-22-25-28-31-34-37-40-48(52)56-45-47(46-58-60(54,55)57-44-42-50)59-49(53)41-38-35-32-29-26-23-20-17-15-18-21-24-27-30-33-36-39-43-51/h15,18,20,23-24,27,29,32,47,51H,2-14,16-17,19,21-22,25-26,28,30-31,33-46,50H2,1H3,(H,54,55)/b18-15-,23-20-,27-24-,32-29-/t47-/m1/s1. The summed E-state index contributed by atoms with van der Waals surface area (Å²) in [4.78, 5) is 34.9. The number of unbranched alkanes of at least 4 members (excludes halogenated alkanes) is 24. The summed E-state index contributed by atoms with van der Waals surface area (Å²) in [5.41, 5.74) is 5.35. The fourth-order valence-corrected chi connectivity index (χ4v) is 7.43. The molecular weight excluding hydrogens is 778 g/mol. The highest BCUT2D eigenvalue weighted by Crippen LogP contribution is 2.43. The summed E-state index contributed by atoms with van der Waals surface area (Å²) in [6, 6.07) is 0. The van der Waals surface area contributed by atoms with Gasteiger partial charge < -0.3 is 25.2 Å². The molecule has 350 valence electrons. The summed E-state index contributed by atoms with van der Waals surface area (Å²) in [6.07, 6.45) is 51.7. The second kappa shape index (κ2) is 46.4. The Hall–Kier alpha value is -2.07. The Labute approximate surface area is 367 Å². The van der Waals surface area contributed by atoms with Crippen molar-refractivity contribution in [2.75, 3.05) is 33.0 Å². The predicted molar refractivity (Wildman–Crippen MR) is 249 cm³/mol. The molecule has 2 atom stereocenters. The number of aliphatic hydroxyl groups is 1. The van der Waals surface area contributed by atoms with Gasteiger partial charge in [0.1, 0.15) is 6.61 Å². The molecule has 0 fully saturated rings. The van der Waals surface area contributed by atoms with E-state index in [0.29, 0.717) is 12.8 Å². The van der Waals surface area contributed by atoms with E-state index in [4.69, 9.17) is 29.4 Å². The number of hydrogen-bond acceptors (Lipinski definition) is 9. The van der Waals surface area contributed by atoms with Crippen LogP contribution in [0.15, 0.2) is 48.6 Å². The van der Waals surface area contributed by atoms with Crippen LogP contribution in [0.1, 0.15) is 212 Å². The number of carbonyl (C=O) groups is 2. The highest BCUT2D eigenvalue weighted by molar-refractivity contribution is 7.47. The van der Waals surface area contributed by atoms with Crippen LogP contribution in [0.5, 0.6) is 0 Å². The van der Waals surface area contributed by atoms with Gasteiger partial charge in [-0.15, -0.1) is 0 Å².